The summed E-state index contributed by atoms with van der Waals surface area (Å²) in [6, 6.07) is 9.76. The fourth-order valence-electron chi connectivity index (χ4n) is 3.95. The van der Waals surface area contributed by atoms with Gasteiger partial charge in [-0.15, -0.1) is 0 Å². The summed E-state index contributed by atoms with van der Waals surface area (Å²) in [5, 5.41) is 13.4. The monoisotopic (exact) mass is 397 g/mol. The lowest BCUT2D eigenvalue weighted by Crippen LogP contribution is -2.62. The minimum absolute atomic E-state index is 0.226. The van der Waals surface area contributed by atoms with Crippen molar-refractivity contribution in [2.45, 2.75) is 27.7 Å². The molecule has 3 rings (SSSR count). The number of quaternary nitrogens is 1. The fraction of sp³-hybridized carbons (Fsp3) is 0.435. The fourth-order valence-corrected chi connectivity index (χ4v) is 3.95. The molecule has 6 heteroatoms. The number of rotatable bonds is 3. The maximum Gasteiger partial charge on any atom is 0.423 e. The van der Waals surface area contributed by atoms with Crippen molar-refractivity contribution < 1.29 is 14.2 Å². The van der Waals surface area contributed by atoms with Crippen molar-refractivity contribution in [2.24, 2.45) is 0 Å². The molecule has 2 aromatic rings. The van der Waals surface area contributed by atoms with Crippen LogP contribution in [0.5, 0.6) is 5.75 Å². The molecule has 0 N–H and O–H groups in total. The van der Waals surface area contributed by atoms with E-state index in [2.05, 4.69) is 36.9 Å². The van der Waals surface area contributed by atoms with Crippen molar-refractivity contribution in [3.8, 4) is 5.75 Å². The summed E-state index contributed by atoms with van der Waals surface area (Å²) in [5.74, 6) is 0.601. The number of piperazine rings is 1. The van der Waals surface area contributed by atoms with E-state index in [1.165, 1.54) is 16.0 Å². The number of nitrogens with zero attached hydrogens (tertiary/aromatic N) is 3. The molecule has 0 atom stereocenters. The van der Waals surface area contributed by atoms with E-state index in [-0.39, 0.29) is 13.1 Å². The molecular formula is C23H31N3O3. The molecule has 1 aliphatic heterocycles. The van der Waals surface area contributed by atoms with Crippen LogP contribution < -0.4 is 14.5 Å². The van der Waals surface area contributed by atoms with E-state index >= 15 is 0 Å². The van der Waals surface area contributed by atoms with Gasteiger partial charge in [0.25, 0.3) is 0 Å². The summed E-state index contributed by atoms with van der Waals surface area (Å²) in [5.41, 5.74) is 6.28. The van der Waals surface area contributed by atoms with E-state index in [1.807, 2.05) is 26.0 Å². The predicted molar refractivity (Wildman–Crippen MR) is 118 cm³/mol. The molecular weight excluding hydrogens is 366 g/mol. The van der Waals surface area contributed by atoms with Gasteiger partial charge in [0.1, 0.15) is 18.8 Å². The molecule has 29 heavy (non-hydrogen) atoms. The highest BCUT2D eigenvalue weighted by Crippen LogP contribution is 2.32. The summed E-state index contributed by atoms with van der Waals surface area (Å²) in [6.45, 7) is 9.68. The molecule has 0 unspecified atom stereocenters. The minimum Gasteiger partial charge on any atom is -0.624 e. The van der Waals surface area contributed by atoms with E-state index in [4.69, 9.17) is 4.74 Å². The number of aryl methyl sites for hydroxylation is 4. The van der Waals surface area contributed by atoms with Gasteiger partial charge in [-0.05, 0) is 74.2 Å². The highest BCUT2D eigenvalue weighted by atomic mass is 16.6. The molecule has 0 aromatic heterocycles. The molecule has 0 bridgehead atoms. The van der Waals surface area contributed by atoms with Gasteiger partial charge in [-0.3, -0.25) is 9.55 Å². The SMILES string of the molecule is COc1cc(C)c(C)cc1N(C)C(=O)[N+]1([O-])CCN(c2cc(C)cc(C)c2)CC1. The second kappa shape index (κ2) is 8.05. The molecule has 1 fully saturated rings. The molecule has 156 valence electrons. The number of hydroxylamine groups is 3. The van der Waals surface area contributed by atoms with Crippen LogP contribution in [-0.2, 0) is 0 Å². The maximum atomic E-state index is 13.4. The maximum absolute atomic E-state index is 13.4. The standard InChI is InChI=1S/C23H31N3O3/c1-16-11-17(2)13-20(12-16)25-7-9-26(28,10-8-25)23(27)24(5)21-14-18(3)19(4)15-22(21)29-6/h11-15H,7-10H2,1-6H3. The van der Waals surface area contributed by atoms with Crippen LogP contribution in [0.1, 0.15) is 22.3 Å². The van der Waals surface area contributed by atoms with Crippen LogP contribution in [0.3, 0.4) is 0 Å². The average molecular weight is 398 g/mol. The highest BCUT2D eigenvalue weighted by Gasteiger charge is 2.36. The number of amides is 2. The van der Waals surface area contributed by atoms with Crippen LogP contribution >= 0.6 is 0 Å². The van der Waals surface area contributed by atoms with Gasteiger partial charge in [0.15, 0.2) is 0 Å². The van der Waals surface area contributed by atoms with Crippen LogP contribution in [0.4, 0.5) is 16.2 Å². The molecule has 0 spiro atoms. The molecule has 0 aliphatic carbocycles. The molecule has 2 aromatic carbocycles. The first-order valence-corrected chi connectivity index (χ1v) is 9.99. The third kappa shape index (κ3) is 4.23. The number of benzene rings is 2. The van der Waals surface area contributed by atoms with Crippen LogP contribution in [-0.4, -0.2) is 51.0 Å². The highest BCUT2D eigenvalue weighted by molar-refractivity contribution is 5.89. The topological polar surface area (TPSA) is 55.8 Å². The third-order valence-corrected chi connectivity index (χ3v) is 5.83. The lowest BCUT2D eigenvalue weighted by Gasteiger charge is -2.47. The zero-order chi connectivity index (χ0) is 21.3. The lowest BCUT2D eigenvalue weighted by atomic mass is 10.1. The van der Waals surface area contributed by atoms with Crippen molar-refractivity contribution in [2.75, 3.05) is 50.1 Å². The van der Waals surface area contributed by atoms with Crippen molar-refractivity contribution >= 4 is 17.4 Å². The Morgan fingerprint density at radius 3 is 2.10 bits per heavy atom. The summed E-state index contributed by atoms with van der Waals surface area (Å²) in [7, 11) is 3.24. The van der Waals surface area contributed by atoms with Gasteiger partial charge in [-0.25, -0.2) is 4.79 Å². The quantitative estimate of drug-likeness (QED) is 0.572. The number of anilines is 2. The van der Waals surface area contributed by atoms with Gasteiger partial charge in [0.05, 0.1) is 25.9 Å². The Bertz CT molecular complexity index is 898. The van der Waals surface area contributed by atoms with Gasteiger partial charge < -0.3 is 14.8 Å². The summed E-state index contributed by atoms with van der Waals surface area (Å²) < 4.78 is 4.61. The van der Waals surface area contributed by atoms with E-state index in [0.717, 1.165) is 16.8 Å². The molecule has 0 saturated carbocycles. The molecule has 1 aliphatic rings. The zero-order valence-corrected chi connectivity index (χ0v) is 18.3. The van der Waals surface area contributed by atoms with Crippen molar-refractivity contribution in [3.63, 3.8) is 0 Å². The van der Waals surface area contributed by atoms with Crippen LogP contribution in [0.15, 0.2) is 30.3 Å². The Labute approximate surface area is 173 Å². The van der Waals surface area contributed by atoms with Crippen LogP contribution in [0.2, 0.25) is 0 Å². The molecule has 0 radical (unpaired) electrons. The molecule has 1 heterocycles. The number of hydrogen-bond donors (Lipinski definition) is 0. The summed E-state index contributed by atoms with van der Waals surface area (Å²) >= 11 is 0. The van der Waals surface area contributed by atoms with Gasteiger partial charge in [0, 0.05) is 12.7 Å². The first-order chi connectivity index (χ1) is 13.6. The van der Waals surface area contributed by atoms with Crippen LogP contribution in [0, 0.1) is 32.9 Å². The van der Waals surface area contributed by atoms with Gasteiger partial charge in [-0.1, -0.05) is 6.07 Å². The summed E-state index contributed by atoms with van der Waals surface area (Å²) in [6.07, 6.45) is 0. The Morgan fingerprint density at radius 2 is 1.55 bits per heavy atom. The number of methoxy groups -OCH3 is 1. The number of carbonyl (C=O) groups excluding carboxylic acids is 1. The molecule has 6 nitrogen and oxygen atoms in total. The molecule has 1 saturated heterocycles. The predicted octanol–water partition coefficient (Wildman–Crippen LogP) is 4.32. The number of hydrogen-bond acceptors (Lipinski definition) is 4. The first kappa shape index (κ1) is 21.1. The van der Waals surface area contributed by atoms with Gasteiger partial charge >= 0.3 is 6.03 Å². The zero-order valence-electron chi connectivity index (χ0n) is 18.3. The summed E-state index contributed by atoms with van der Waals surface area (Å²) in [4.78, 5) is 16.8. The first-order valence-electron chi connectivity index (χ1n) is 9.99. The lowest BCUT2D eigenvalue weighted by molar-refractivity contribution is -0.798. The Morgan fingerprint density at radius 1 is 1.00 bits per heavy atom. The third-order valence-electron chi connectivity index (χ3n) is 5.83. The van der Waals surface area contributed by atoms with E-state index in [9.17, 15) is 10.0 Å². The van der Waals surface area contributed by atoms with E-state index < -0.39 is 10.7 Å². The van der Waals surface area contributed by atoms with Crippen molar-refractivity contribution in [1.82, 2.24) is 0 Å². The Hall–Kier alpha value is -2.57. The van der Waals surface area contributed by atoms with Gasteiger partial charge in [-0.2, -0.15) is 0 Å². The van der Waals surface area contributed by atoms with Crippen molar-refractivity contribution in [3.05, 3.63) is 57.8 Å². The number of carbonyl (C=O) groups is 1. The normalized spacial score (nSPS) is 15.9. The Kier molecular flexibility index (Phi) is 5.87. The Balaban J connectivity index is 1.77. The second-order valence-corrected chi connectivity index (χ2v) is 8.12. The minimum atomic E-state index is -0.853. The number of urea groups is 1. The largest absolute Gasteiger partial charge is 0.624 e. The van der Waals surface area contributed by atoms with E-state index in [1.54, 1.807) is 14.2 Å². The van der Waals surface area contributed by atoms with Crippen LogP contribution in [0.25, 0.3) is 0 Å². The smallest absolute Gasteiger partial charge is 0.423 e. The second-order valence-electron chi connectivity index (χ2n) is 8.12. The van der Waals surface area contributed by atoms with Crippen molar-refractivity contribution in [1.29, 1.82) is 0 Å². The average Bonchev–Trinajstić information content (AvgIpc) is 2.68. The van der Waals surface area contributed by atoms with E-state index in [0.29, 0.717) is 24.5 Å². The van der Waals surface area contributed by atoms with Gasteiger partial charge in [0.2, 0.25) is 0 Å². The number of ether oxygens (including phenoxy) is 1. The molecule has 2 amide bonds.